The third-order valence-corrected chi connectivity index (χ3v) is 5.51. The lowest BCUT2D eigenvalue weighted by Crippen LogP contribution is -2.51. The average Bonchev–Trinajstić information content (AvgIpc) is 2.35. The number of nitrogens with zero attached hydrogens (tertiary/aromatic N) is 2. The number of rotatable bonds is 6. The molecule has 1 fully saturated rings. The second-order valence-corrected chi connectivity index (χ2v) is 8.17. The third-order valence-electron chi connectivity index (χ3n) is 3.43. The minimum absolute atomic E-state index is 0.0658. The van der Waals surface area contributed by atoms with E-state index in [0.717, 1.165) is 0 Å². The first-order valence-electron chi connectivity index (χ1n) is 7.20. The molecule has 118 valence electrons. The molecule has 0 aromatic heterocycles. The Labute approximate surface area is 122 Å². The zero-order valence-corrected chi connectivity index (χ0v) is 13.6. The van der Waals surface area contributed by atoms with Crippen molar-refractivity contribution in [2.24, 2.45) is 5.73 Å². The van der Waals surface area contributed by atoms with Crippen molar-refractivity contribution in [2.75, 3.05) is 31.9 Å². The van der Waals surface area contributed by atoms with Crippen LogP contribution >= 0.6 is 0 Å². The molecule has 1 aliphatic rings. The summed E-state index contributed by atoms with van der Waals surface area (Å²) in [5.41, 5.74) is 5.52. The first kappa shape index (κ1) is 17.4. The van der Waals surface area contributed by atoms with E-state index in [9.17, 15) is 13.2 Å². The maximum atomic E-state index is 12.0. The maximum absolute atomic E-state index is 12.0. The monoisotopic (exact) mass is 305 g/mol. The first-order valence-corrected chi connectivity index (χ1v) is 8.81. The van der Waals surface area contributed by atoms with Crippen molar-refractivity contribution in [3.63, 3.8) is 0 Å². The Hall–Kier alpha value is -0.660. The molecule has 20 heavy (non-hydrogen) atoms. The summed E-state index contributed by atoms with van der Waals surface area (Å²) < 4.78 is 25.3. The van der Waals surface area contributed by atoms with Crippen LogP contribution in [0.5, 0.6) is 0 Å². The summed E-state index contributed by atoms with van der Waals surface area (Å²) in [6.45, 7) is 7.41. The van der Waals surface area contributed by atoms with Gasteiger partial charge in [0.05, 0.1) is 5.75 Å². The SMILES string of the molecule is CCCS(=O)(=O)N1CCN(C(=O)CCC(C)(C)N)CC1. The smallest absolute Gasteiger partial charge is 0.222 e. The van der Waals surface area contributed by atoms with Crippen molar-refractivity contribution in [3.05, 3.63) is 0 Å². The minimum Gasteiger partial charge on any atom is -0.340 e. The van der Waals surface area contributed by atoms with Crippen molar-refractivity contribution in [1.29, 1.82) is 0 Å². The Morgan fingerprint density at radius 2 is 1.75 bits per heavy atom. The fraction of sp³-hybridized carbons (Fsp3) is 0.923. The molecule has 0 spiro atoms. The van der Waals surface area contributed by atoms with Gasteiger partial charge in [-0.05, 0) is 26.7 Å². The first-order chi connectivity index (χ1) is 9.15. The van der Waals surface area contributed by atoms with Crippen LogP contribution in [0.25, 0.3) is 0 Å². The molecule has 7 heteroatoms. The molecule has 0 aromatic carbocycles. The van der Waals surface area contributed by atoms with Gasteiger partial charge in [-0.15, -0.1) is 0 Å². The number of hydrogen-bond acceptors (Lipinski definition) is 4. The highest BCUT2D eigenvalue weighted by atomic mass is 32.2. The molecule has 1 rings (SSSR count). The van der Waals surface area contributed by atoms with Crippen LogP contribution in [0.3, 0.4) is 0 Å². The van der Waals surface area contributed by atoms with Crippen LogP contribution < -0.4 is 5.73 Å². The summed E-state index contributed by atoms with van der Waals surface area (Å²) in [5, 5.41) is 0. The van der Waals surface area contributed by atoms with Gasteiger partial charge in [-0.3, -0.25) is 4.79 Å². The molecule has 1 amide bonds. The lowest BCUT2D eigenvalue weighted by atomic mass is 9.99. The van der Waals surface area contributed by atoms with Crippen LogP contribution in [0.2, 0.25) is 0 Å². The Morgan fingerprint density at radius 3 is 2.20 bits per heavy atom. The van der Waals surface area contributed by atoms with Crippen LogP contribution in [0, 0.1) is 0 Å². The standard InChI is InChI=1S/C13H27N3O3S/c1-4-11-20(18,19)16-9-7-15(8-10-16)12(17)5-6-13(2,3)14/h4-11,14H2,1-3H3. The van der Waals surface area contributed by atoms with Crippen molar-refractivity contribution in [2.45, 2.75) is 45.6 Å². The molecule has 1 saturated heterocycles. The lowest BCUT2D eigenvalue weighted by molar-refractivity contribution is -0.132. The van der Waals surface area contributed by atoms with Crippen LogP contribution in [0.1, 0.15) is 40.0 Å². The van der Waals surface area contributed by atoms with E-state index < -0.39 is 10.0 Å². The number of amides is 1. The van der Waals surface area contributed by atoms with Crippen molar-refractivity contribution in [3.8, 4) is 0 Å². The largest absolute Gasteiger partial charge is 0.340 e. The van der Waals surface area contributed by atoms with Gasteiger partial charge in [-0.1, -0.05) is 6.92 Å². The van der Waals surface area contributed by atoms with Gasteiger partial charge in [0.15, 0.2) is 0 Å². The summed E-state index contributed by atoms with van der Waals surface area (Å²) in [7, 11) is -3.14. The molecule has 0 radical (unpaired) electrons. The van der Waals surface area contributed by atoms with Crippen molar-refractivity contribution < 1.29 is 13.2 Å². The summed E-state index contributed by atoms with van der Waals surface area (Å²) in [6.07, 6.45) is 1.68. The van der Waals surface area contributed by atoms with Crippen LogP contribution in [0.4, 0.5) is 0 Å². The van der Waals surface area contributed by atoms with Gasteiger partial charge in [-0.2, -0.15) is 4.31 Å². The molecule has 0 bridgehead atoms. The Bertz CT molecular complexity index is 421. The molecule has 1 heterocycles. The van der Waals surface area contributed by atoms with E-state index in [1.165, 1.54) is 4.31 Å². The van der Waals surface area contributed by atoms with Gasteiger partial charge in [-0.25, -0.2) is 8.42 Å². The maximum Gasteiger partial charge on any atom is 0.222 e. The predicted molar refractivity (Wildman–Crippen MR) is 79.7 cm³/mol. The molecule has 0 saturated carbocycles. The van der Waals surface area contributed by atoms with Gasteiger partial charge in [0.2, 0.25) is 15.9 Å². The summed E-state index contributed by atoms with van der Waals surface area (Å²) in [5.74, 6) is 0.249. The molecular formula is C13H27N3O3S. The van der Waals surface area contributed by atoms with Crippen molar-refractivity contribution >= 4 is 15.9 Å². The van der Waals surface area contributed by atoms with E-state index in [1.807, 2.05) is 20.8 Å². The van der Waals surface area contributed by atoms with Crippen LogP contribution in [-0.4, -0.2) is 61.0 Å². The number of carbonyl (C=O) groups excluding carboxylic acids is 1. The third kappa shape index (κ3) is 5.38. The lowest BCUT2D eigenvalue weighted by Gasteiger charge is -2.34. The van der Waals surface area contributed by atoms with Gasteiger partial charge >= 0.3 is 0 Å². The Kier molecular flexibility index (Phi) is 5.97. The van der Waals surface area contributed by atoms with E-state index in [-0.39, 0.29) is 17.2 Å². The van der Waals surface area contributed by atoms with E-state index in [1.54, 1.807) is 4.90 Å². The fourth-order valence-corrected chi connectivity index (χ4v) is 3.68. The number of piperazine rings is 1. The van der Waals surface area contributed by atoms with Crippen LogP contribution in [-0.2, 0) is 14.8 Å². The number of nitrogens with two attached hydrogens (primary N) is 1. The molecule has 0 aromatic rings. The average molecular weight is 305 g/mol. The van der Waals surface area contributed by atoms with E-state index >= 15 is 0 Å². The zero-order chi connectivity index (χ0) is 15.4. The minimum atomic E-state index is -3.14. The molecule has 1 aliphatic heterocycles. The van der Waals surface area contributed by atoms with Crippen LogP contribution in [0.15, 0.2) is 0 Å². The highest BCUT2D eigenvalue weighted by Gasteiger charge is 2.28. The molecule has 2 N–H and O–H groups in total. The summed E-state index contributed by atoms with van der Waals surface area (Å²) in [4.78, 5) is 13.8. The van der Waals surface area contributed by atoms with Gasteiger partial charge in [0.25, 0.3) is 0 Å². The molecule has 6 nitrogen and oxygen atoms in total. The Balaban J connectivity index is 2.44. The normalized spacial score (nSPS) is 18.3. The van der Waals surface area contributed by atoms with Gasteiger partial charge in [0.1, 0.15) is 0 Å². The number of carbonyl (C=O) groups is 1. The highest BCUT2D eigenvalue weighted by Crippen LogP contribution is 2.13. The van der Waals surface area contributed by atoms with E-state index in [4.69, 9.17) is 5.73 Å². The van der Waals surface area contributed by atoms with E-state index in [2.05, 4.69) is 0 Å². The predicted octanol–water partition coefficient (Wildman–Crippen LogP) is 0.388. The molecular weight excluding hydrogens is 278 g/mol. The zero-order valence-electron chi connectivity index (χ0n) is 12.8. The topological polar surface area (TPSA) is 83.7 Å². The quantitative estimate of drug-likeness (QED) is 0.769. The Morgan fingerprint density at radius 1 is 1.20 bits per heavy atom. The second-order valence-electron chi connectivity index (χ2n) is 6.08. The highest BCUT2D eigenvalue weighted by molar-refractivity contribution is 7.89. The van der Waals surface area contributed by atoms with Gasteiger partial charge < -0.3 is 10.6 Å². The fourth-order valence-electron chi connectivity index (χ4n) is 2.19. The number of sulfonamides is 1. The summed E-state index contributed by atoms with van der Waals surface area (Å²) in [6, 6.07) is 0. The molecule has 0 aliphatic carbocycles. The van der Waals surface area contributed by atoms with E-state index in [0.29, 0.717) is 45.4 Å². The second kappa shape index (κ2) is 6.87. The van der Waals surface area contributed by atoms with Crippen molar-refractivity contribution in [1.82, 2.24) is 9.21 Å². The molecule has 0 unspecified atom stereocenters. The van der Waals surface area contributed by atoms with Gasteiger partial charge in [0, 0.05) is 38.1 Å². The molecule has 0 atom stereocenters. The summed E-state index contributed by atoms with van der Waals surface area (Å²) >= 11 is 0. The number of hydrogen-bond donors (Lipinski definition) is 1.